The largest absolute Gasteiger partial charge is 0.370 e. The van der Waals surface area contributed by atoms with Crippen molar-refractivity contribution < 1.29 is 9.53 Å². The Kier molecular flexibility index (Phi) is 6.87. The number of carbonyl (C=O) groups is 1. The second kappa shape index (κ2) is 7.07. The van der Waals surface area contributed by atoms with Gasteiger partial charge in [0.25, 0.3) is 0 Å². The van der Waals surface area contributed by atoms with E-state index < -0.39 is 0 Å². The van der Waals surface area contributed by atoms with E-state index in [1.54, 1.807) is 0 Å². The molecule has 0 fully saturated rings. The molecule has 0 heterocycles. The molecule has 2 heteroatoms. The molecule has 0 radical (unpaired) electrons. The normalized spacial score (nSPS) is 13.3. The fraction of sp³-hybridized carbons (Fsp3) is 0.909. The van der Waals surface area contributed by atoms with Gasteiger partial charge in [-0.2, -0.15) is 0 Å². The molecule has 0 aliphatic carbocycles. The van der Waals surface area contributed by atoms with Crippen molar-refractivity contribution in [1.29, 1.82) is 0 Å². The molecule has 0 saturated carbocycles. The molecule has 1 atom stereocenters. The van der Waals surface area contributed by atoms with Crippen molar-refractivity contribution in [3.05, 3.63) is 0 Å². The van der Waals surface area contributed by atoms with Crippen LogP contribution >= 0.6 is 0 Å². The van der Waals surface area contributed by atoms with Gasteiger partial charge in [-0.1, -0.05) is 34.1 Å². The summed E-state index contributed by atoms with van der Waals surface area (Å²) in [4.78, 5) is 11.6. The number of ether oxygens (including phenoxy) is 1. The van der Waals surface area contributed by atoms with Gasteiger partial charge >= 0.3 is 0 Å². The second-order valence-corrected chi connectivity index (χ2v) is 3.71. The third-order valence-corrected chi connectivity index (χ3v) is 1.96. The Labute approximate surface area is 81.7 Å². The van der Waals surface area contributed by atoms with Crippen molar-refractivity contribution in [2.45, 2.75) is 53.1 Å². The van der Waals surface area contributed by atoms with Crippen LogP contribution in [0.5, 0.6) is 0 Å². The summed E-state index contributed by atoms with van der Waals surface area (Å²) < 4.78 is 5.51. The molecule has 0 unspecified atom stereocenters. The smallest absolute Gasteiger partial charge is 0.164 e. The summed E-state index contributed by atoms with van der Waals surface area (Å²) in [5.74, 6) is 0.337. The zero-order chi connectivity index (χ0) is 10.3. The first-order chi connectivity index (χ1) is 6.13. The van der Waals surface area contributed by atoms with E-state index in [0.717, 1.165) is 19.3 Å². The molecule has 13 heavy (non-hydrogen) atoms. The second-order valence-electron chi connectivity index (χ2n) is 3.71. The maximum atomic E-state index is 11.6. The number of hydrogen-bond donors (Lipinski definition) is 0. The van der Waals surface area contributed by atoms with Gasteiger partial charge in [0.1, 0.15) is 6.10 Å². The maximum Gasteiger partial charge on any atom is 0.164 e. The van der Waals surface area contributed by atoms with E-state index in [1.807, 2.05) is 13.8 Å². The third-order valence-electron chi connectivity index (χ3n) is 1.96. The highest BCUT2D eigenvalue weighted by Crippen LogP contribution is 2.10. The zero-order valence-corrected chi connectivity index (χ0v) is 9.30. The van der Waals surface area contributed by atoms with Crippen LogP contribution in [0.1, 0.15) is 47.0 Å². The Morgan fingerprint density at radius 2 is 1.85 bits per heavy atom. The maximum absolute atomic E-state index is 11.6. The fourth-order valence-corrected chi connectivity index (χ4v) is 1.20. The molecular weight excluding hydrogens is 164 g/mol. The Morgan fingerprint density at radius 3 is 2.23 bits per heavy atom. The van der Waals surface area contributed by atoms with Crippen molar-refractivity contribution in [3.8, 4) is 0 Å². The molecule has 0 aromatic carbocycles. The van der Waals surface area contributed by atoms with Crippen LogP contribution in [-0.4, -0.2) is 18.5 Å². The van der Waals surface area contributed by atoms with E-state index in [0.29, 0.717) is 6.61 Å². The van der Waals surface area contributed by atoms with Crippen LogP contribution in [0.25, 0.3) is 0 Å². The lowest BCUT2D eigenvalue weighted by atomic mass is 10.0. The average molecular weight is 186 g/mol. The summed E-state index contributed by atoms with van der Waals surface area (Å²) in [6.45, 7) is 8.70. The molecule has 0 spiro atoms. The lowest BCUT2D eigenvalue weighted by molar-refractivity contribution is -0.134. The van der Waals surface area contributed by atoms with E-state index in [2.05, 4.69) is 13.8 Å². The van der Waals surface area contributed by atoms with Gasteiger partial charge in [0.05, 0.1) is 0 Å². The van der Waals surface area contributed by atoms with Crippen molar-refractivity contribution in [2.24, 2.45) is 5.92 Å². The van der Waals surface area contributed by atoms with Crippen LogP contribution < -0.4 is 0 Å². The highest BCUT2D eigenvalue weighted by Gasteiger charge is 2.20. The van der Waals surface area contributed by atoms with Crippen LogP contribution in [-0.2, 0) is 9.53 Å². The Hall–Kier alpha value is -0.370. The Bertz CT molecular complexity index is 141. The number of carbonyl (C=O) groups excluding carboxylic acids is 1. The number of Topliss-reactive ketones (excluding diaryl/α,β-unsaturated/α-hetero) is 1. The molecule has 0 aliphatic heterocycles. The molecule has 0 aromatic heterocycles. The lowest BCUT2D eigenvalue weighted by Crippen LogP contribution is -2.28. The first-order valence-corrected chi connectivity index (χ1v) is 5.28. The fourth-order valence-electron chi connectivity index (χ4n) is 1.20. The summed E-state index contributed by atoms with van der Waals surface area (Å²) in [7, 11) is 0. The van der Waals surface area contributed by atoms with Gasteiger partial charge in [-0.3, -0.25) is 4.79 Å². The average Bonchev–Trinajstić information content (AvgIpc) is 2.11. The highest BCUT2D eigenvalue weighted by molar-refractivity contribution is 5.84. The zero-order valence-electron chi connectivity index (χ0n) is 9.30. The van der Waals surface area contributed by atoms with E-state index in [-0.39, 0.29) is 17.8 Å². The molecule has 0 aliphatic rings. The topological polar surface area (TPSA) is 26.3 Å². The summed E-state index contributed by atoms with van der Waals surface area (Å²) in [6.07, 6.45) is 2.68. The molecule has 2 nitrogen and oxygen atoms in total. The predicted octanol–water partition coefficient (Wildman–Crippen LogP) is 2.81. The Balaban J connectivity index is 3.99. The van der Waals surface area contributed by atoms with Crippen LogP contribution in [0.2, 0.25) is 0 Å². The monoisotopic (exact) mass is 186 g/mol. The minimum absolute atomic E-state index is 0.0911. The van der Waals surface area contributed by atoms with Crippen molar-refractivity contribution >= 4 is 5.78 Å². The standard InChI is InChI=1S/C11H22O2/c1-5-7-10(13-8-6-2)11(12)9(3)4/h9-10H,5-8H2,1-4H3/t10-/m0/s1. The Morgan fingerprint density at radius 1 is 1.23 bits per heavy atom. The summed E-state index contributed by atoms with van der Waals surface area (Å²) in [5, 5.41) is 0. The van der Waals surface area contributed by atoms with Gasteiger partial charge in [-0.05, 0) is 12.8 Å². The van der Waals surface area contributed by atoms with Crippen molar-refractivity contribution in [3.63, 3.8) is 0 Å². The summed E-state index contributed by atoms with van der Waals surface area (Å²) in [5.41, 5.74) is 0. The molecule has 0 amide bonds. The van der Waals surface area contributed by atoms with Crippen LogP contribution in [0, 0.1) is 5.92 Å². The van der Waals surface area contributed by atoms with Gasteiger partial charge in [-0.15, -0.1) is 0 Å². The van der Waals surface area contributed by atoms with E-state index in [4.69, 9.17) is 4.74 Å². The van der Waals surface area contributed by atoms with Gasteiger partial charge in [0.2, 0.25) is 0 Å². The predicted molar refractivity (Wildman–Crippen MR) is 54.8 cm³/mol. The van der Waals surface area contributed by atoms with Crippen LogP contribution in [0.3, 0.4) is 0 Å². The highest BCUT2D eigenvalue weighted by atomic mass is 16.5. The van der Waals surface area contributed by atoms with Gasteiger partial charge in [-0.25, -0.2) is 0 Å². The van der Waals surface area contributed by atoms with E-state index >= 15 is 0 Å². The summed E-state index contributed by atoms with van der Waals surface area (Å²) >= 11 is 0. The summed E-state index contributed by atoms with van der Waals surface area (Å²) in [6, 6.07) is 0. The quantitative estimate of drug-likeness (QED) is 0.611. The van der Waals surface area contributed by atoms with E-state index in [9.17, 15) is 4.79 Å². The van der Waals surface area contributed by atoms with Crippen molar-refractivity contribution in [1.82, 2.24) is 0 Å². The van der Waals surface area contributed by atoms with Gasteiger partial charge in [0.15, 0.2) is 5.78 Å². The van der Waals surface area contributed by atoms with Crippen molar-refractivity contribution in [2.75, 3.05) is 6.61 Å². The molecule has 0 rings (SSSR count). The molecule has 0 aromatic rings. The number of rotatable bonds is 7. The van der Waals surface area contributed by atoms with Gasteiger partial charge < -0.3 is 4.74 Å². The minimum atomic E-state index is -0.162. The lowest BCUT2D eigenvalue weighted by Gasteiger charge is -2.17. The van der Waals surface area contributed by atoms with E-state index in [1.165, 1.54) is 0 Å². The minimum Gasteiger partial charge on any atom is -0.370 e. The van der Waals surface area contributed by atoms with Gasteiger partial charge in [0, 0.05) is 12.5 Å². The molecule has 0 bridgehead atoms. The molecule has 78 valence electrons. The van der Waals surface area contributed by atoms with Crippen LogP contribution in [0.15, 0.2) is 0 Å². The van der Waals surface area contributed by atoms with Crippen LogP contribution in [0.4, 0.5) is 0 Å². The molecule has 0 saturated heterocycles. The number of hydrogen-bond acceptors (Lipinski definition) is 2. The first kappa shape index (κ1) is 12.6. The molecular formula is C11H22O2. The SMILES string of the molecule is CCCO[C@@H](CCC)C(=O)C(C)C. The third kappa shape index (κ3) is 5.04. The first-order valence-electron chi connectivity index (χ1n) is 5.28. The molecule has 0 N–H and O–H groups in total. The number of ketones is 1.